The van der Waals surface area contributed by atoms with Crippen LogP contribution < -0.4 is 5.32 Å². The van der Waals surface area contributed by atoms with Gasteiger partial charge in [-0.3, -0.25) is 24.0 Å². The molecule has 1 aliphatic rings. The lowest BCUT2D eigenvalue weighted by Gasteiger charge is -2.13. The van der Waals surface area contributed by atoms with Gasteiger partial charge in [0.25, 0.3) is 11.8 Å². The van der Waals surface area contributed by atoms with Crippen LogP contribution in [0.4, 0.5) is 0 Å². The first-order chi connectivity index (χ1) is 11.6. The summed E-state index contributed by atoms with van der Waals surface area (Å²) in [6.07, 6.45) is 3.73. The quantitative estimate of drug-likeness (QED) is 0.803. The van der Waals surface area contributed by atoms with Gasteiger partial charge in [-0.15, -0.1) is 0 Å². The first-order valence-electron chi connectivity index (χ1n) is 7.77. The van der Waals surface area contributed by atoms with Crippen LogP contribution in [0.5, 0.6) is 0 Å². The Balaban J connectivity index is 1.47. The fraction of sp³-hybridized carbons (Fsp3) is 0.294. The number of aryl methyl sites for hydroxylation is 1. The maximum atomic E-state index is 12.2. The highest BCUT2D eigenvalue weighted by Crippen LogP contribution is 2.22. The topological polar surface area (TPSA) is 84.3 Å². The summed E-state index contributed by atoms with van der Waals surface area (Å²) in [5.41, 5.74) is 1.86. The Labute approximate surface area is 139 Å². The van der Waals surface area contributed by atoms with E-state index in [1.165, 1.54) is 0 Å². The lowest BCUT2D eigenvalue weighted by molar-refractivity contribution is -0.121. The fourth-order valence-corrected chi connectivity index (χ4v) is 2.64. The van der Waals surface area contributed by atoms with Crippen LogP contribution in [0.2, 0.25) is 0 Å². The molecule has 3 amide bonds. The van der Waals surface area contributed by atoms with Crippen LogP contribution in [0.25, 0.3) is 0 Å². The molecule has 0 saturated heterocycles. The molecule has 24 heavy (non-hydrogen) atoms. The van der Waals surface area contributed by atoms with E-state index in [4.69, 9.17) is 0 Å². The molecule has 0 fully saturated rings. The molecule has 0 saturated carbocycles. The highest BCUT2D eigenvalue weighted by molar-refractivity contribution is 6.21. The minimum Gasteiger partial charge on any atom is -0.354 e. The van der Waals surface area contributed by atoms with Gasteiger partial charge in [-0.2, -0.15) is 5.10 Å². The molecular weight excluding hydrogens is 308 g/mol. The van der Waals surface area contributed by atoms with Gasteiger partial charge in [0.15, 0.2) is 0 Å². The van der Waals surface area contributed by atoms with Crippen LogP contribution in [0, 0.1) is 6.92 Å². The van der Waals surface area contributed by atoms with Crippen molar-refractivity contribution in [3.63, 3.8) is 0 Å². The van der Waals surface area contributed by atoms with Gasteiger partial charge in [-0.25, -0.2) is 0 Å². The number of aromatic nitrogens is 2. The maximum Gasteiger partial charge on any atom is 0.261 e. The summed E-state index contributed by atoms with van der Waals surface area (Å²) in [6, 6.07) is 6.69. The van der Waals surface area contributed by atoms with E-state index in [1.807, 2.05) is 13.1 Å². The molecule has 7 nitrogen and oxygen atoms in total. The summed E-state index contributed by atoms with van der Waals surface area (Å²) >= 11 is 0. The van der Waals surface area contributed by atoms with Gasteiger partial charge in [-0.05, 0) is 24.6 Å². The van der Waals surface area contributed by atoms with E-state index < -0.39 is 0 Å². The number of nitrogens with one attached hydrogen (secondary N) is 1. The summed E-state index contributed by atoms with van der Waals surface area (Å²) in [5, 5.41) is 6.90. The predicted molar refractivity (Wildman–Crippen MR) is 86.4 cm³/mol. The molecule has 0 unspecified atom stereocenters. The van der Waals surface area contributed by atoms with Crippen molar-refractivity contribution >= 4 is 17.7 Å². The molecule has 0 bridgehead atoms. The molecule has 0 radical (unpaired) electrons. The van der Waals surface area contributed by atoms with E-state index in [-0.39, 0.29) is 30.7 Å². The first-order valence-corrected chi connectivity index (χ1v) is 7.77. The molecule has 3 rings (SSSR count). The zero-order valence-corrected chi connectivity index (χ0v) is 13.4. The fourth-order valence-electron chi connectivity index (χ4n) is 2.64. The highest BCUT2D eigenvalue weighted by Gasteiger charge is 2.34. The zero-order chi connectivity index (χ0) is 17.1. The van der Waals surface area contributed by atoms with E-state index in [1.54, 1.807) is 35.1 Å². The summed E-state index contributed by atoms with van der Waals surface area (Å²) in [7, 11) is 0. The third-order valence-electron chi connectivity index (χ3n) is 3.87. The van der Waals surface area contributed by atoms with Crippen molar-refractivity contribution in [1.29, 1.82) is 0 Å². The molecule has 0 atom stereocenters. The van der Waals surface area contributed by atoms with Gasteiger partial charge in [0.2, 0.25) is 5.91 Å². The number of carbonyl (C=O) groups excluding carboxylic acids is 3. The average molecular weight is 326 g/mol. The third-order valence-corrected chi connectivity index (χ3v) is 3.87. The molecule has 1 aromatic heterocycles. The number of fused-ring (bicyclic) bond motifs is 1. The van der Waals surface area contributed by atoms with Gasteiger partial charge in [0.05, 0.1) is 23.9 Å². The Hall–Kier alpha value is -2.96. The number of hydrogen-bond donors (Lipinski definition) is 1. The van der Waals surface area contributed by atoms with Crippen molar-refractivity contribution in [2.24, 2.45) is 0 Å². The summed E-state index contributed by atoms with van der Waals surface area (Å²) in [4.78, 5) is 37.4. The maximum absolute atomic E-state index is 12.2. The second-order valence-corrected chi connectivity index (χ2v) is 5.69. The smallest absolute Gasteiger partial charge is 0.261 e. The molecule has 1 aliphatic heterocycles. The van der Waals surface area contributed by atoms with Crippen molar-refractivity contribution in [3.8, 4) is 0 Å². The van der Waals surface area contributed by atoms with E-state index in [0.717, 1.165) is 10.5 Å². The number of nitrogens with zero attached hydrogens (tertiary/aromatic N) is 3. The second kappa shape index (κ2) is 6.66. The van der Waals surface area contributed by atoms with Gasteiger partial charge >= 0.3 is 0 Å². The van der Waals surface area contributed by atoms with Crippen molar-refractivity contribution in [1.82, 2.24) is 20.0 Å². The van der Waals surface area contributed by atoms with Gasteiger partial charge in [-0.1, -0.05) is 12.1 Å². The number of carbonyl (C=O) groups is 3. The number of imide groups is 1. The van der Waals surface area contributed by atoms with Crippen LogP contribution in [-0.4, -0.2) is 45.5 Å². The van der Waals surface area contributed by atoms with Crippen LogP contribution >= 0.6 is 0 Å². The average Bonchev–Trinajstić information content (AvgIpc) is 3.09. The lowest BCUT2D eigenvalue weighted by Crippen LogP contribution is -2.35. The standard InChI is InChI=1S/C17H18N4O3/c1-12-10-19-20(11-12)9-7-18-15(22)6-8-21-16(23)13-4-2-3-5-14(13)17(21)24/h2-5,10-11H,6-9H2,1H3,(H,18,22). The van der Waals surface area contributed by atoms with Crippen LogP contribution in [-0.2, 0) is 11.3 Å². The molecule has 2 aromatic rings. The van der Waals surface area contributed by atoms with Crippen molar-refractivity contribution in [3.05, 3.63) is 53.3 Å². The molecule has 1 N–H and O–H groups in total. The van der Waals surface area contributed by atoms with Crippen LogP contribution in [0.1, 0.15) is 32.7 Å². The Morgan fingerprint density at radius 1 is 1.12 bits per heavy atom. The molecule has 7 heteroatoms. The highest BCUT2D eigenvalue weighted by atomic mass is 16.2. The molecular formula is C17H18N4O3. The van der Waals surface area contributed by atoms with E-state index in [2.05, 4.69) is 10.4 Å². The summed E-state index contributed by atoms with van der Waals surface area (Å²) in [5.74, 6) is -0.874. The zero-order valence-electron chi connectivity index (χ0n) is 13.4. The van der Waals surface area contributed by atoms with E-state index >= 15 is 0 Å². The Morgan fingerprint density at radius 2 is 1.79 bits per heavy atom. The largest absolute Gasteiger partial charge is 0.354 e. The van der Waals surface area contributed by atoms with Gasteiger partial charge in [0.1, 0.15) is 0 Å². The molecule has 0 aliphatic carbocycles. The van der Waals surface area contributed by atoms with E-state index in [9.17, 15) is 14.4 Å². The molecule has 2 heterocycles. The van der Waals surface area contributed by atoms with Crippen LogP contribution in [0.3, 0.4) is 0 Å². The lowest BCUT2D eigenvalue weighted by atomic mass is 10.1. The monoisotopic (exact) mass is 326 g/mol. The van der Waals surface area contributed by atoms with Crippen molar-refractivity contribution < 1.29 is 14.4 Å². The Morgan fingerprint density at radius 3 is 2.38 bits per heavy atom. The third kappa shape index (κ3) is 3.19. The minimum atomic E-state index is -0.338. The van der Waals surface area contributed by atoms with Gasteiger partial charge in [0, 0.05) is 25.7 Å². The number of benzene rings is 1. The molecule has 0 spiro atoms. The SMILES string of the molecule is Cc1cnn(CCNC(=O)CCN2C(=O)c3ccccc3C2=O)c1. The van der Waals surface area contributed by atoms with Crippen molar-refractivity contribution in [2.75, 3.05) is 13.1 Å². The van der Waals surface area contributed by atoms with Gasteiger partial charge < -0.3 is 5.32 Å². The van der Waals surface area contributed by atoms with Crippen molar-refractivity contribution in [2.45, 2.75) is 19.9 Å². The number of amides is 3. The van der Waals surface area contributed by atoms with Crippen LogP contribution in [0.15, 0.2) is 36.7 Å². The molecule has 1 aromatic carbocycles. The minimum absolute atomic E-state index is 0.0824. The Kier molecular flexibility index (Phi) is 4.41. The van der Waals surface area contributed by atoms with E-state index in [0.29, 0.717) is 24.2 Å². The normalized spacial score (nSPS) is 13.3. The number of rotatable bonds is 6. The summed E-state index contributed by atoms with van der Waals surface area (Å²) in [6.45, 7) is 3.05. The first kappa shape index (κ1) is 15.9. The summed E-state index contributed by atoms with van der Waals surface area (Å²) < 4.78 is 1.75. The Bertz CT molecular complexity index is 762. The second-order valence-electron chi connectivity index (χ2n) is 5.69. The number of hydrogen-bond acceptors (Lipinski definition) is 4. The predicted octanol–water partition coefficient (Wildman–Crippen LogP) is 0.994. The molecule has 124 valence electrons.